The van der Waals surface area contributed by atoms with Crippen molar-refractivity contribution in [3.63, 3.8) is 0 Å². The monoisotopic (exact) mass is 247 g/mol. The molecule has 0 spiro atoms. The van der Waals surface area contributed by atoms with E-state index in [1.54, 1.807) is 0 Å². The number of aryl methyl sites for hydroxylation is 1. The summed E-state index contributed by atoms with van der Waals surface area (Å²) in [6.45, 7) is 4.40. The van der Waals surface area contributed by atoms with Crippen molar-refractivity contribution in [2.45, 2.75) is 58.8 Å². The van der Waals surface area contributed by atoms with Gasteiger partial charge in [-0.1, -0.05) is 44.9 Å². The van der Waals surface area contributed by atoms with Crippen LogP contribution in [0.25, 0.3) is 0 Å². The first kappa shape index (κ1) is 14.7. The normalized spacial score (nSPS) is 10.6. The SMILES string of the molecule is CCCCc1cccc(CC(N)=O)c1CCCC. The lowest BCUT2D eigenvalue weighted by molar-refractivity contribution is -0.117. The van der Waals surface area contributed by atoms with Crippen LogP contribution in [-0.4, -0.2) is 5.91 Å². The summed E-state index contributed by atoms with van der Waals surface area (Å²) in [5.74, 6) is -0.236. The Morgan fingerprint density at radius 1 is 1.06 bits per heavy atom. The lowest BCUT2D eigenvalue weighted by atomic mass is 9.92. The maximum absolute atomic E-state index is 11.1. The van der Waals surface area contributed by atoms with Crippen molar-refractivity contribution >= 4 is 5.91 Å². The first-order valence-electron chi connectivity index (χ1n) is 7.07. The Hall–Kier alpha value is -1.31. The molecule has 18 heavy (non-hydrogen) atoms. The van der Waals surface area contributed by atoms with Crippen molar-refractivity contribution in [2.75, 3.05) is 0 Å². The van der Waals surface area contributed by atoms with Crippen LogP contribution in [0.2, 0.25) is 0 Å². The summed E-state index contributed by atoms with van der Waals surface area (Å²) < 4.78 is 0. The molecule has 1 aromatic rings. The van der Waals surface area contributed by atoms with Gasteiger partial charge in [-0.15, -0.1) is 0 Å². The molecule has 100 valence electrons. The molecule has 0 heterocycles. The minimum Gasteiger partial charge on any atom is -0.369 e. The number of unbranched alkanes of at least 4 members (excludes halogenated alkanes) is 2. The van der Waals surface area contributed by atoms with Crippen molar-refractivity contribution in [1.29, 1.82) is 0 Å². The highest BCUT2D eigenvalue weighted by atomic mass is 16.1. The molecule has 0 atom stereocenters. The van der Waals surface area contributed by atoms with Gasteiger partial charge in [0.05, 0.1) is 6.42 Å². The molecular formula is C16H25NO. The average molecular weight is 247 g/mol. The molecule has 2 N–H and O–H groups in total. The Morgan fingerprint density at radius 3 is 2.28 bits per heavy atom. The van der Waals surface area contributed by atoms with Gasteiger partial charge in [0, 0.05) is 0 Å². The lowest BCUT2D eigenvalue weighted by Gasteiger charge is -2.14. The van der Waals surface area contributed by atoms with E-state index in [0.29, 0.717) is 6.42 Å². The zero-order valence-corrected chi connectivity index (χ0v) is 11.7. The van der Waals surface area contributed by atoms with E-state index in [9.17, 15) is 4.79 Å². The van der Waals surface area contributed by atoms with E-state index in [0.717, 1.165) is 18.4 Å². The van der Waals surface area contributed by atoms with Crippen molar-refractivity contribution in [3.05, 3.63) is 34.9 Å². The van der Waals surface area contributed by atoms with E-state index in [1.807, 2.05) is 6.07 Å². The molecule has 2 nitrogen and oxygen atoms in total. The van der Waals surface area contributed by atoms with E-state index in [1.165, 1.54) is 36.8 Å². The van der Waals surface area contributed by atoms with Gasteiger partial charge in [-0.25, -0.2) is 0 Å². The predicted octanol–water partition coefficient (Wildman–Crippen LogP) is 3.40. The largest absolute Gasteiger partial charge is 0.369 e. The van der Waals surface area contributed by atoms with Crippen LogP contribution >= 0.6 is 0 Å². The Balaban J connectivity index is 2.95. The van der Waals surface area contributed by atoms with Crippen LogP contribution in [0.4, 0.5) is 0 Å². The summed E-state index contributed by atoms with van der Waals surface area (Å²) in [6, 6.07) is 6.30. The highest BCUT2D eigenvalue weighted by Crippen LogP contribution is 2.20. The second kappa shape index (κ2) is 7.91. The molecule has 0 saturated heterocycles. The van der Waals surface area contributed by atoms with E-state index < -0.39 is 0 Å². The van der Waals surface area contributed by atoms with Gasteiger partial charge < -0.3 is 5.73 Å². The molecular weight excluding hydrogens is 222 g/mol. The molecule has 0 bridgehead atoms. The number of amides is 1. The number of hydrogen-bond donors (Lipinski definition) is 1. The average Bonchev–Trinajstić information content (AvgIpc) is 2.34. The molecule has 0 saturated carbocycles. The second-order valence-electron chi connectivity index (χ2n) is 4.91. The van der Waals surface area contributed by atoms with Crippen LogP contribution in [0, 0.1) is 0 Å². The van der Waals surface area contributed by atoms with Gasteiger partial charge >= 0.3 is 0 Å². The number of carbonyl (C=O) groups is 1. The minimum atomic E-state index is -0.236. The van der Waals surface area contributed by atoms with Crippen molar-refractivity contribution in [1.82, 2.24) is 0 Å². The maximum atomic E-state index is 11.1. The van der Waals surface area contributed by atoms with Crippen molar-refractivity contribution < 1.29 is 4.79 Å². The Labute approximate surface area is 111 Å². The van der Waals surface area contributed by atoms with Gasteiger partial charge in [0.1, 0.15) is 0 Å². The maximum Gasteiger partial charge on any atom is 0.221 e. The Bertz CT molecular complexity index is 385. The summed E-state index contributed by atoms with van der Waals surface area (Å²) in [4.78, 5) is 11.1. The third-order valence-electron chi connectivity index (χ3n) is 3.31. The molecule has 2 heteroatoms. The topological polar surface area (TPSA) is 43.1 Å². The van der Waals surface area contributed by atoms with Gasteiger partial charge in [-0.2, -0.15) is 0 Å². The predicted molar refractivity (Wildman–Crippen MR) is 76.6 cm³/mol. The first-order valence-corrected chi connectivity index (χ1v) is 7.07. The number of nitrogens with two attached hydrogens (primary N) is 1. The fourth-order valence-electron chi connectivity index (χ4n) is 2.32. The fourth-order valence-corrected chi connectivity index (χ4v) is 2.32. The van der Waals surface area contributed by atoms with Crippen LogP contribution < -0.4 is 5.73 Å². The summed E-state index contributed by atoms with van der Waals surface area (Å²) in [5.41, 5.74) is 9.24. The smallest absolute Gasteiger partial charge is 0.221 e. The Morgan fingerprint density at radius 2 is 1.67 bits per heavy atom. The zero-order chi connectivity index (χ0) is 13.4. The van der Waals surface area contributed by atoms with Crippen LogP contribution in [0.1, 0.15) is 56.2 Å². The molecule has 0 aromatic heterocycles. The number of benzene rings is 1. The number of rotatable bonds is 8. The highest BCUT2D eigenvalue weighted by molar-refractivity contribution is 5.77. The summed E-state index contributed by atoms with van der Waals surface area (Å²) >= 11 is 0. The second-order valence-corrected chi connectivity index (χ2v) is 4.91. The highest BCUT2D eigenvalue weighted by Gasteiger charge is 2.09. The van der Waals surface area contributed by atoms with E-state index in [2.05, 4.69) is 26.0 Å². The van der Waals surface area contributed by atoms with Gasteiger partial charge in [0.15, 0.2) is 0 Å². The van der Waals surface area contributed by atoms with Gasteiger partial charge in [-0.05, 0) is 42.4 Å². The van der Waals surface area contributed by atoms with Crippen LogP contribution in [0.3, 0.4) is 0 Å². The third-order valence-corrected chi connectivity index (χ3v) is 3.31. The number of primary amides is 1. The molecule has 1 rings (SSSR count). The van der Waals surface area contributed by atoms with Gasteiger partial charge in [-0.3, -0.25) is 4.79 Å². The lowest BCUT2D eigenvalue weighted by Crippen LogP contribution is -2.15. The third kappa shape index (κ3) is 4.52. The van der Waals surface area contributed by atoms with Crippen molar-refractivity contribution in [2.24, 2.45) is 5.73 Å². The molecule has 0 radical (unpaired) electrons. The first-order chi connectivity index (χ1) is 8.69. The molecule has 1 aromatic carbocycles. The van der Waals surface area contributed by atoms with Gasteiger partial charge in [0.2, 0.25) is 5.91 Å². The fraction of sp³-hybridized carbons (Fsp3) is 0.562. The molecule has 0 aliphatic heterocycles. The standard InChI is InChI=1S/C16H25NO/c1-3-5-8-13-9-7-10-14(12-16(17)18)15(13)11-6-4-2/h7,9-10H,3-6,8,11-12H2,1-2H3,(H2,17,18). The summed E-state index contributed by atoms with van der Waals surface area (Å²) in [6.07, 6.45) is 7.32. The summed E-state index contributed by atoms with van der Waals surface area (Å²) in [7, 11) is 0. The molecule has 0 fully saturated rings. The Kier molecular flexibility index (Phi) is 6.48. The molecule has 0 unspecified atom stereocenters. The van der Waals surface area contributed by atoms with Gasteiger partial charge in [0.25, 0.3) is 0 Å². The zero-order valence-electron chi connectivity index (χ0n) is 11.7. The van der Waals surface area contributed by atoms with Crippen LogP contribution in [0.5, 0.6) is 0 Å². The molecule has 0 aliphatic carbocycles. The number of hydrogen-bond acceptors (Lipinski definition) is 1. The molecule has 0 aliphatic rings. The van der Waals surface area contributed by atoms with Crippen LogP contribution in [-0.2, 0) is 24.1 Å². The van der Waals surface area contributed by atoms with E-state index in [4.69, 9.17) is 5.73 Å². The quantitative estimate of drug-likeness (QED) is 0.751. The van der Waals surface area contributed by atoms with Crippen molar-refractivity contribution in [3.8, 4) is 0 Å². The molecule has 1 amide bonds. The minimum absolute atomic E-state index is 0.236. The van der Waals surface area contributed by atoms with Crippen LogP contribution in [0.15, 0.2) is 18.2 Å². The van der Waals surface area contributed by atoms with E-state index >= 15 is 0 Å². The number of carbonyl (C=O) groups excluding carboxylic acids is 1. The van der Waals surface area contributed by atoms with E-state index in [-0.39, 0.29) is 5.91 Å². The summed E-state index contributed by atoms with van der Waals surface area (Å²) in [5, 5.41) is 0.